The van der Waals surface area contributed by atoms with Crippen LogP contribution in [0.2, 0.25) is 0 Å². The zero-order chi connectivity index (χ0) is 14.5. The van der Waals surface area contributed by atoms with Crippen LogP contribution in [0.4, 0.5) is 5.82 Å². The number of rotatable bonds is 4. The van der Waals surface area contributed by atoms with Crippen molar-refractivity contribution in [1.29, 1.82) is 0 Å². The average molecular weight is 339 g/mol. The Morgan fingerprint density at radius 1 is 1.45 bits per heavy atom. The minimum atomic E-state index is -0.468. The van der Waals surface area contributed by atoms with Gasteiger partial charge in [0.25, 0.3) is 0 Å². The van der Waals surface area contributed by atoms with E-state index in [1.54, 1.807) is 12.3 Å². The Bertz CT molecular complexity index is 469. The van der Waals surface area contributed by atoms with Gasteiger partial charge in [0.1, 0.15) is 5.82 Å². The smallest absolute Gasteiger partial charge is 0.239 e. The predicted molar refractivity (Wildman–Crippen MR) is 83.5 cm³/mol. The van der Waals surface area contributed by atoms with E-state index in [0.717, 1.165) is 23.4 Å². The molecule has 2 N–H and O–H groups in total. The van der Waals surface area contributed by atoms with Crippen LogP contribution in [0.3, 0.4) is 0 Å². The molecule has 6 heteroatoms. The molecule has 1 amide bonds. The highest BCUT2D eigenvalue weighted by Gasteiger charge is 2.24. The zero-order valence-corrected chi connectivity index (χ0v) is 12.9. The monoisotopic (exact) mass is 338 g/mol. The van der Waals surface area contributed by atoms with Crippen LogP contribution in [-0.2, 0) is 4.79 Å². The summed E-state index contributed by atoms with van der Waals surface area (Å²) in [6.45, 7) is 6.54. The molecule has 0 bridgehead atoms. The van der Waals surface area contributed by atoms with E-state index in [0.29, 0.717) is 19.5 Å². The van der Waals surface area contributed by atoms with Crippen molar-refractivity contribution in [2.45, 2.75) is 12.5 Å². The van der Waals surface area contributed by atoms with Gasteiger partial charge in [-0.2, -0.15) is 0 Å². The third-order valence-corrected chi connectivity index (χ3v) is 3.83. The largest absolute Gasteiger partial charge is 0.353 e. The van der Waals surface area contributed by atoms with Crippen LogP contribution in [0, 0.1) is 0 Å². The lowest BCUT2D eigenvalue weighted by molar-refractivity contribution is -0.132. The molecule has 1 aliphatic rings. The molecule has 2 heterocycles. The highest BCUT2D eigenvalue weighted by atomic mass is 79.9. The van der Waals surface area contributed by atoms with Crippen LogP contribution >= 0.6 is 15.9 Å². The fourth-order valence-electron chi connectivity index (χ4n) is 2.23. The topological polar surface area (TPSA) is 62.5 Å². The molecular formula is C14H19BrN4O. The second kappa shape index (κ2) is 6.85. The molecule has 1 unspecified atom stereocenters. The first kappa shape index (κ1) is 15.0. The summed E-state index contributed by atoms with van der Waals surface area (Å²) in [4.78, 5) is 20.5. The van der Waals surface area contributed by atoms with Crippen LogP contribution in [0.15, 0.2) is 35.5 Å². The van der Waals surface area contributed by atoms with E-state index in [1.807, 2.05) is 17.0 Å². The lowest BCUT2D eigenvalue weighted by Crippen LogP contribution is -2.53. The number of nitrogens with two attached hydrogens (primary N) is 1. The third-order valence-electron chi connectivity index (χ3n) is 3.36. The van der Waals surface area contributed by atoms with Gasteiger partial charge in [0.2, 0.25) is 5.91 Å². The Kier molecular flexibility index (Phi) is 5.14. The number of hydrogen-bond donors (Lipinski definition) is 1. The molecule has 1 aromatic rings. The standard InChI is InChI=1S/C14H19BrN4O/c1-2-3-12(16)14(20)19-8-6-18(7-9-19)13-5-4-11(15)10-17-13/h2,4-5,10,12H,1,3,6-9,16H2. The summed E-state index contributed by atoms with van der Waals surface area (Å²) in [5.74, 6) is 0.948. The maximum Gasteiger partial charge on any atom is 0.239 e. The second-order valence-corrected chi connectivity index (χ2v) is 5.69. The maximum atomic E-state index is 12.1. The number of anilines is 1. The van der Waals surface area contributed by atoms with Crippen molar-refractivity contribution in [3.05, 3.63) is 35.5 Å². The van der Waals surface area contributed by atoms with Crippen molar-refractivity contribution in [3.63, 3.8) is 0 Å². The molecule has 0 aliphatic carbocycles. The number of pyridine rings is 1. The summed E-state index contributed by atoms with van der Waals surface area (Å²) < 4.78 is 0.963. The minimum Gasteiger partial charge on any atom is -0.353 e. The number of carbonyl (C=O) groups excluding carboxylic acids is 1. The Balaban J connectivity index is 1.90. The van der Waals surface area contributed by atoms with Crippen molar-refractivity contribution >= 4 is 27.7 Å². The first-order chi connectivity index (χ1) is 9.61. The fraction of sp³-hybridized carbons (Fsp3) is 0.429. The molecular weight excluding hydrogens is 320 g/mol. The molecule has 0 spiro atoms. The van der Waals surface area contributed by atoms with Crippen molar-refractivity contribution in [2.75, 3.05) is 31.1 Å². The van der Waals surface area contributed by atoms with Crippen molar-refractivity contribution in [2.24, 2.45) is 5.73 Å². The van der Waals surface area contributed by atoms with E-state index in [9.17, 15) is 4.79 Å². The van der Waals surface area contributed by atoms with Crippen LogP contribution < -0.4 is 10.6 Å². The van der Waals surface area contributed by atoms with E-state index < -0.39 is 6.04 Å². The predicted octanol–water partition coefficient (Wildman–Crippen LogP) is 1.40. The average Bonchev–Trinajstić information content (AvgIpc) is 2.48. The van der Waals surface area contributed by atoms with Gasteiger partial charge in [-0.15, -0.1) is 6.58 Å². The van der Waals surface area contributed by atoms with Crippen molar-refractivity contribution < 1.29 is 4.79 Å². The van der Waals surface area contributed by atoms with Crippen LogP contribution in [0.1, 0.15) is 6.42 Å². The van der Waals surface area contributed by atoms with E-state index in [1.165, 1.54) is 0 Å². The molecule has 0 saturated carbocycles. The first-order valence-corrected chi connectivity index (χ1v) is 7.43. The quantitative estimate of drug-likeness (QED) is 0.843. The fourth-order valence-corrected chi connectivity index (χ4v) is 2.46. The molecule has 108 valence electrons. The Morgan fingerprint density at radius 3 is 2.70 bits per heavy atom. The van der Waals surface area contributed by atoms with Gasteiger partial charge in [-0.05, 0) is 34.5 Å². The summed E-state index contributed by atoms with van der Waals surface area (Å²) in [6, 6.07) is 3.48. The molecule has 20 heavy (non-hydrogen) atoms. The van der Waals surface area contributed by atoms with Crippen molar-refractivity contribution in [3.8, 4) is 0 Å². The summed E-state index contributed by atoms with van der Waals surface area (Å²) in [5, 5.41) is 0. The number of nitrogens with zero attached hydrogens (tertiary/aromatic N) is 3. The normalized spacial score (nSPS) is 16.9. The number of piperazine rings is 1. The molecule has 0 aromatic carbocycles. The Labute approximate surface area is 127 Å². The first-order valence-electron chi connectivity index (χ1n) is 6.63. The van der Waals surface area contributed by atoms with Gasteiger partial charge in [0.05, 0.1) is 6.04 Å². The van der Waals surface area contributed by atoms with E-state index in [-0.39, 0.29) is 5.91 Å². The SMILES string of the molecule is C=CCC(N)C(=O)N1CCN(c2ccc(Br)cn2)CC1. The van der Waals surface area contributed by atoms with E-state index >= 15 is 0 Å². The molecule has 1 aromatic heterocycles. The number of hydrogen-bond acceptors (Lipinski definition) is 4. The summed E-state index contributed by atoms with van der Waals surface area (Å²) >= 11 is 3.37. The molecule has 2 rings (SSSR count). The lowest BCUT2D eigenvalue weighted by atomic mass is 10.1. The van der Waals surface area contributed by atoms with Gasteiger partial charge in [-0.25, -0.2) is 4.98 Å². The number of halogens is 1. The summed E-state index contributed by atoms with van der Waals surface area (Å²) in [5.41, 5.74) is 5.83. The highest BCUT2D eigenvalue weighted by molar-refractivity contribution is 9.10. The molecule has 1 atom stereocenters. The van der Waals surface area contributed by atoms with Gasteiger partial charge in [0, 0.05) is 36.8 Å². The molecule has 1 saturated heterocycles. The number of carbonyl (C=O) groups is 1. The Morgan fingerprint density at radius 2 is 2.15 bits per heavy atom. The van der Waals surface area contributed by atoms with Gasteiger partial charge in [0.15, 0.2) is 0 Å². The van der Waals surface area contributed by atoms with E-state index in [4.69, 9.17) is 5.73 Å². The number of amides is 1. The van der Waals surface area contributed by atoms with Gasteiger partial charge in [-0.1, -0.05) is 6.08 Å². The third kappa shape index (κ3) is 3.58. The van der Waals surface area contributed by atoms with Crippen LogP contribution in [-0.4, -0.2) is 48.0 Å². The van der Waals surface area contributed by atoms with Crippen LogP contribution in [0.5, 0.6) is 0 Å². The summed E-state index contributed by atoms with van der Waals surface area (Å²) in [7, 11) is 0. The highest BCUT2D eigenvalue weighted by Crippen LogP contribution is 2.16. The molecule has 1 aliphatic heterocycles. The lowest BCUT2D eigenvalue weighted by Gasteiger charge is -2.36. The van der Waals surface area contributed by atoms with Gasteiger partial charge >= 0.3 is 0 Å². The van der Waals surface area contributed by atoms with Crippen molar-refractivity contribution in [1.82, 2.24) is 9.88 Å². The zero-order valence-electron chi connectivity index (χ0n) is 11.3. The molecule has 0 radical (unpaired) electrons. The minimum absolute atomic E-state index is 0.00770. The number of aromatic nitrogens is 1. The van der Waals surface area contributed by atoms with Gasteiger partial charge < -0.3 is 15.5 Å². The molecule has 1 fully saturated rings. The van der Waals surface area contributed by atoms with Gasteiger partial charge in [-0.3, -0.25) is 4.79 Å². The molecule has 5 nitrogen and oxygen atoms in total. The summed E-state index contributed by atoms with van der Waals surface area (Å²) in [6.07, 6.45) is 3.99. The Hall–Kier alpha value is -1.40. The maximum absolute atomic E-state index is 12.1. The second-order valence-electron chi connectivity index (χ2n) is 4.78. The van der Waals surface area contributed by atoms with E-state index in [2.05, 4.69) is 32.4 Å². The van der Waals surface area contributed by atoms with Crippen LogP contribution in [0.25, 0.3) is 0 Å².